The molecule has 1 N–H and O–H groups in total. The van der Waals surface area contributed by atoms with E-state index in [4.69, 9.17) is 0 Å². The van der Waals surface area contributed by atoms with E-state index in [1.54, 1.807) is 12.3 Å². The maximum Gasteiger partial charge on any atom is 0.275 e. The van der Waals surface area contributed by atoms with Crippen LogP contribution in [-0.2, 0) is 11.3 Å². The lowest BCUT2D eigenvalue weighted by Gasteiger charge is -2.07. The predicted octanol–water partition coefficient (Wildman–Crippen LogP) is 3.26. The van der Waals surface area contributed by atoms with E-state index in [9.17, 15) is 9.59 Å². The molecule has 24 heavy (non-hydrogen) atoms. The van der Waals surface area contributed by atoms with Gasteiger partial charge in [-0.25, -0.2) is 4.68 Å². The van der Waals surface area contributed by atoms with Gasteiger partial charge in [-0.2, -0.15) is 5.10 Å². The van der Waals surface area contributed by atoms with Crippen molar-refractivity contribution in [3.05, 3.63) is 40.8 Å². The Balaban J connectivity index is 1.73. The van der Waals surface area contributed by atoms with Crippen LogP contribution in [0.3, 0.4) is 0 Å². The Kier molecular flexibility index (Phi) is 7.46. The van der Waals surface area contributed by atoms with E-state index in [1.807, 2.05) is 18.2 Å². The van der Waals surface area contributed by atoms with Gasteiger partial charge < -0.3 is 5.32 Å². The van der Waals surface area contributed by atoms with Crippen LogP contribution in [0.1, 0.15) is 51.9 Å². The Hall–Kier alpha value is -2.17. The molecule has 0 radical (unpaired) electrons. The fraction of sp³-hybridized carbons (Fsp3) is 0.526. The number of amides is 1. The second-order valence-electron chi connectivity index (χ2n) is 6.17. The van der Waals surface area contributed by atoms with Crippen LogP contribution in [0, 0.1) is 0 Å². The van der Waals surface area contributed by atoms with Gasteiger partial charge in [-0.05, 0) is 12.5 Å². The average molecular weight is 329 g/mol. The van der Waals surface area contributed by atoms with E-state index >= 15 is 0 Å². The number of nitrogens with one attached hydrogen (secondary N) is 1. The molecular formula is C19H27N3O2. The molecule has 1 aromatic carbocycles. The Bertz CT molecular complexity index is 709. The third kappa shape index (κ3) is 5.48. The highest BCUT2D eigenvalue weighted by Gasteiger charge is 2.07. The minimum Gasteiger partial charge on any atom is -0.354 e. The van der Waals surface area contributed by atoms with Gasteiger partial charge in [-0.3, -0.25) is 9.59 Å². The van der Waals surface area contributed by atoms with Crippen LogP contribution in [0.25, 0.3) is 10.8 Å². The number of nitrogens with zero attached hydrogens (tertiary/aromatic N) is 2. The zero-order valence-electron chi connectivity index (χ0n) is 14.5. The molecule has 0 saturated heterocycles. The van der Waals surface area contributed by atoms with Crippen molar-refractivity contribution in [3.8, 4) is 0 Å². The van der Waals surface area contributed by atoms with Gasteiger partial charge in [0.2, 0.25) is 5.91 Å². The van der Waals surface area contributed by atoms with Crippen molar-refractivity contribution in [2.75, 3.05) is 6.54 Å². The zero-order chi connectivity index (χ0) is 17.2. The summed E-state index contributed by atoms with van der Waals surface area (Å²) >= 11 is 0. The summed E-state index contributed by atoms with van der Waals surface area (Å²) in [6, 6.07) is 7.28. The highest BCUT2D eigenvalue weighted by molar-refractivity contribution is 5.81. The summed E-state index contributed by atoms with van der Waals surface area (Å²) in [4.78, 5) is 24.2. The van der Waals surface area contributed by atoms with E-state index in [0.29, 0.717) is 11.9 Å². The summed E-state index contributed by atoms with van der Waals surface area (Å²) in [5.41, 5.74) is -0.223. The van der Waals surface area contributed by atoms with E-state index in [1.165, 1.54) is 36.8 Å². The molecule has 1 heterocycles. The van der Waals surface area contributed by atoms with Crippen molar-refractivity contribution in [2.45, 2.75) is 58.4 Å². The summed E-state index contributed by atoms with van der Waals surface area (Å²) in [6.07, 6.45) is 10.1. The standard InChI is InChI=1S/C19H27N3O2/c1-2-3-4-5-6-7-10-13-20-18(23)15-22-19(24)17-12-9-8-11-16(17)14-21-22/h8-9,11-12,14H,2-7,10,13,15H2,1H3,(H,20,23). The number of rotatable bonds is 10. The molecule has 0 atom stereocenters. The van der Waals surface area contributed by atoms with Crippen LogP contribution in [0.4, 0.5) is 0 Å². The topological polar surface area (TPSA) is 64.0 Å². The number of benzene rings is 1. The largest absolute Gasteiger partial charge is 0.354 e. The van der Waals surface area contributed by atoms with E-state index in [0.717, 1.165) is 18.2 Å². The molecule has 0 spiro atoms. The second-order valence-corrected chi connectivity index (χ2v) is 6.17. The van der Waals surface area contributed by atoms with Gasteiger partial charge in [0.1, 0.15) is 6.54 Å². The van der Waals surface area contributed by atoms with Crippen LogP contribution in [0.2, 0.25) is 0 Å². The first-order valence-electron chi connectivity index (χ1n) is 8.94. The molecular weight excluding hydrogens is 302 g/mol. The van der Waals surface area contributed by atoms with E-state index in [2.05, 4.69) is 17.3 Å². The summed E-state index contributed by atoms with van der Waals surface area (Å²) in [7, 11) is 0. The Morgan fingerprint density at radius 2 is 1.79 bits per heavy atom. The maximum atomic E-state index is 12.3. The number of aromatic nitrogens is 2. The number of carbonyl (C=O) groups excluding carboxylic acids is 1. The number of hydrogen-bond acceptors (Lipinski definition) is 3. The van der Waals surface area contributed by atoms with Crippen molar-refractivity contribution < 1.29 is 4.79 Å². The molecule has 5 nitrogen and oxygen atoms in total. The number of fused-ring (bicyclic) bond motifs is 1. The third-order valence-electron chi connectivity index (χ3n) is 4.16. The monoisotopic (exact) mass is 329 g/mol. The zero-order valence-corrected chi connectivity index (χ0v) is 14.5. The molecule has 1 aromatic heterocycles. The van der Waals surface area contributed by atoms with Crippen molar-refractivity contribution in [2.24, 2.45) is 0 Å². The summed E-state index contributed by atoms with van der Waals surface area (Å²) < 4.78 is 1.22. The summed E-state index contributed by atoms with van der Waals surface area (Å²) in [5, 5.41) is 8.33. The molecule has 2 aromatic rings. The van der Waals surface area contributed by atoms with Crippen LogP contribution in [0.15, 0.2) is 35.3 Å². The van der Waals surface area contributed by atoms with Gasteiger partial charge in [0.25, 0.3) is 5.56 Å². The lowest BCUT2D eigenvalue weighted by atomic mass is 10.1. The average Bonchev–Trinajstić information content (AvgIpc) is 2.60. The Labute approximate surface area is 143 Å². The van der Waals surface area contributed by atoms with Crippen LogP contribution < -0.4 is 10.9 Å². The Morgan fingerprint density at radius 1 is 1.08 bits per heavy atom. The molecule has 0 aliphatic rings. The first-order chi connectivity index (χ1) is 11.7. The fourth-order valence-corrected chi connectivity index (χ4v) is 2.74. The van der Waals surface area contributed by atoms with Gasteiger partial charge in [0, 0.05) is 11.9 Å². The third-order valence-corrected chi connectivity index (χ3v) is 4.16. The van der Waals surface area contributed by atoms with Gasteiger partial charge in [0.15, 0.2) is 0 Å². The minimum absolute atomic E-state index is 0.0276. The van der Waals surface area contributed by atoms with Gasteiger partial charge in [-0.1, -0.05) is 63.6 Å². The van der Waals surface area contributed by atoms with Crippen LogP contribution >= 0.6 is 0 Å². The molecule has 130 valence electrons. The molecule has 0 unspecified atom stereocenters. The summed E-state index contributed by atoms with van der Waals surface area (Å²) in [6.45, 7) is 2.85. The van der Waals surface area contributed by atoms with Gasteiger partial charge in [-0.15, -0.1) is 0 Å². The summed E-state index contributed by atoms with van der Waals surface area (Å²) in [5.74, 6) is -0.161. The van der Waals surface area contributed by atoms with Gasteiger partial charge >= 0.3 is 0 Å². The first kappa shape index (κ1) is 18.2. The SMILES string of the molecule is CCCCCCCCCNC(=O)Cn1ncc2ccccc2c1=O. The normalized spacial score (nSPS) is 10.9. The second kappa shape index (κ2) is 9.85. The van der Waals surface area contributed by atoms with Crippen LogP contribution in [0.5, 0.6) is 0 Å². The first-order valence-corrected chi connectivity index (χ1v) is 8.94. The number of hydrogen-bond donors (Lipinski definition) is 1. The highest BCUT2D eigenvalue weighted by Crippen LogP contribution is 2.07. The van der Waals surface area contributed by atoms with Crippen molar-refractivity contribution in [3.63, 3.8) is 0 Å². The highest BCUT2D eigenvalue weighted by atomic mass is 16.2. The predicted molar refractivity (Wildman–Crippen MR) is 97.0 cm³/mol. The fourth-order valence-electron chi connectivity index (χ4n) is 2.74. The maximum absolute atomic E-state index is 12.3. The van der Waals surface area contributed by atoms with Crippen LogP contribution in [-0.4, -0.2) is 22.2 Å². The molecule has 2 rings (SSSR count). The lowest BCUT2D eigenvalue weighted by molar-refractivity contribution is -0.121. The molecule has 0 aliphatic carbocycles. The molecule has 0 fully saturated rings. The van der Waals surface area contributed by atoms with Crippen molar-refractivity contribution >= 4 is 16.7 Å². The molecule has 0 saturated carbocycles. The van der Waals surface area contributed by atoms with E-state index in [-0.39, 0.29) is 18.0 Å². The Morgan fingerprint density at radius 3 is 2.58 bits per heavy atom. The molecule has 0 aliphatic heterocycles. The van der Waals surface area contributed by atoms with Crippen molar-refractivity contribution in [1.29, 1.82) is 0 Å². The van der Waals surface area contributed by atoms with Gasteiger partial charge in [0.05, 0.1) is 11.6 Å². The lowest BCUT2D eigenvalue weighted by Crippen LogP contribution is -2.34. The number of unbranched alkanes of at least 4 members (excludes halogenated alkanes) is 6. The van der Waals surface area contributed by atoms with E-state index < -0.39 is 0 Å². The molecule has 1 amide bonds. The van der Waals surface area contributed by atoms with Crippen molar-refractivity contribution in [1.82, 2.24) is 15.1 Å². The smallest absolute Gasteiger partial charge is 0.275 e. The molecule has 5 heteroatoms. The molecule has 0 bridgehead atoms. The quantitative estimate of drug-likeness (QED) is 0.681. The minimum atomic E-state index is -0.223. The number of carbonyl (C=O) groups is 1.